The average molecular weight is 349 g/mol. The molecule has 0 radical (unpaired) electrons. The fourth-order valence-electron chi connectivity index (χ4n) is 2.53. The highest BCUT2D eigenvalue weighted by molar-refractivity contribution is 5.99. The van der Waals surface area contributed by atoms with Gasteiger partial charge in [0.15, 0.2) is 11.5 Å². The number of nitrogens with two attached hydrogens (primary N) is 1. The molecule has 1 aliphatic rings. The van der Waals surface area contributed by atoms with Gasteiger partial charge in [-0.2, -0.15) is 10.2 Å². The van der Waals surface area contributed by atoms with Crippen molar-refractivity contribution in [1.82, 2.24) is 15.2 Å². The number of fused-ring (bicyclic) bond motifs is 1. The van der Waals surface area contributed by atoms with Crippen LogP contribution in [0.3, 0.4) is 0 Å². The van der Waals surface area contributed by atoms with Crippen LogP contribution in [0.25, 0.3) is 5.69 Å². The Labute approximate surface area is 148 Å². The van der Waals surface area contributed by atoms with Crippen molar-refractivity contribution in [3.63, 3.8) is 0 Å². The van der Waals surface area contributed by atoms with Gasteiger partial charge < -0.3 is 15.2 Å². The molecule has 3 aromatic rings. The van der Waals surface area contributed by atoms with Gasteiger partial charge in [0.1, 0.15) is 11.4 Å². The van der Waals surface area contributed by atoms with Gasteiger partial charge in [-0.05, 0) is 35.9 Å². The van der Waals surface area contributed by atoms with Gasteiger partial charge in [0, 0.05) is 0 Å². The van der Waals surface area contributed by atoms with Crippen molar-refractivity contribution in [2.24, 2.45) is 5.10 Å². The summed E-state index contributed by atoms with van der Waals surface area (Å²) < 4.78 is 12.0. The lowest BCUT2D eigenvalue weighted by Crippen LogP contribution is -2.18. The van der Waals surface area contributed by atoms with Crippen LogP contribution in [-0.4, -0.2) is 28.7 Å². The predicted molar refractivity (Wildman–Crippen MR) is 95.6 cm³/mol. The minimum Gasteiger partial charge on any atom is -0.454 e. The Morgan fingerprint density at radius 3 is 2.85 bits per heavy atom. The summed E-state index contributed by atoms with van der Waals surface area (Å²) in [5, 5.41) is 8.11. The van der Waals surface area contributed by atoms with Crippen LogP contribution in [0.4, 0.5) is 5.82 Å². The van der Waals surface area contributed by atoms with E-state index in [4.69, 9.17) is 15.2 Å². The van der Waals surface area contributed by atoms with Crippen LogP contribution in [0.5, 0.6) is 11.5 Å². The van der Waals surface area contributed by atoms with E-state index in [0.29, 0.717) is 11.5 Å². The molecule has 0 saturated carbocycles. The average Bonchev–Trinajstić information content (AvgIpc) is 3.28. The molecule has 0 saturated heterocycles. The number of amides is 1. The summed E-state index contributed by atoms with van der Waals surface area (Å²) in [6.45, 7) is 0.206. The van der Waals surface area contributed by atoms with E-state index in [0.717, 1.165) is 11.3 Å². The lowest BCUT2D eigenvalue weighted by molar-refractivity contribution is 0.0956. The van der Waals surface area contributed by atoms with Crippen molar-refractivity contribution < 1.29 is 14.3 Å². The number of anilines is 1. The minimum atomic E-state index is -0.443. The maximum Gasteiger partial charge on any atom is 0.276 e. The van der Waals surface area contributed by atoms with Gasteiger partial charge in [-0.1, -0.05) is 18.2 Å². The highest BCUT2D eigenvalue weighted by Crippen LogP contribution is 2.31. The molecule has 4 rings (SSSR count). The number of carbonyl (C=O) groups excluding carboxylic acids is 1. The van der Waals surface area contributed by atoms with E-state index in [-0.39, 0.29) is 18.2 Å². The highest BCUT2D eigenvalue weighted by atomic mass is 16.7. The molecule has 1 amide bonds. The van der Waals surface area contributed by atoms with Gasteiger partial charge in [0.25, 0.3) is 5.91 Å². The van der Waals surface area contributed by atoms with Gasteiger partial charge in [0.05, 0.1) is 18.1 Å². The minimum absolute atomic E-state index is 0.206. The molecule has 3 N–H and O–H groups in total. The number of rotatable bonds is 4. The number of hydrogen-bond donors (Lipinski definition) is 2. The number of hydrazone groups is 1. The molecule has 0 fully saturated rings. The molecule has 1 aliphatic heterocycles. The van der Waals surface area contributed by atoms with E-state index in [1.807, 2.05) is 36.4 Å². The molecule has 0 aliphatic carbocycles. The third kappa shape index (κ3) is 2.95. The molecular formula is C18H15N5O3. The zero-order valence-electron chi connectivity index (χ0n) is 13.6. The zero-order chi connectivity index (χ0) is 17.9. The van der Waals surface area contributed by atoms with E-state index in [1.165, 1.54) is 17.1 Å². The Morgan fingerprint density at radius 1 is 1.19 bits per heavy atom. The van der Waals surface area contributed by atoms with Crippen molar-refractivity contribution >= 4 is 17.9 Å². The monoisotopic (exact) mass is 349 g/mol. The second-order valence-electron chi connectivity index (χ2n) is 5.50. The van der Waals surface area contributed by atoms with Crippen LogP contribution in [0.15, 0.2) is 59.8 Å². The summed E-state index contributed by atoms with van der Waals surface area (Å²) in [5.41, 5.74) is 10.3. The molecule has 1 aromatic heterocycles. The first-order valence-corrected chi connectivity index (χ1v) is 7.84. The summed E-state index contributed by atoms with van der Waals surface area (Å²) >= 11 is 0. The standard InChI is InChI=1S/C18H15N5O3/c19-17-14(10-21-23(17)13-4-2-1-3-5-13)18(24)22-20-9-12-6-7-15-16(8-12)26-11-25-15/h1-10H,11,19H2,(H,22,24). The third-order valence-electron chi connectivity index (χ3n) is 3.83. The van der Waals surface area contributed by atoms with E-state index < -0.39 is 5.91 Å². The first-order valence-electron chi connectivity index (χ1n) is 7.84. The Hall–Kier alpha value is -3.81. The van der Waals surface area contributed by atoms with Crippen LogP contribution >= 0.6 is 0 Å². The van der Waals surface area contributed by atoms with Crippen LogP contribution in [0.2, 0.25) is 0 Å². The molecule has 8 heteroatoms. The van der Waals surface area contributed by atoms with Gasteiger partial charge >= 0.3 is 0 Å². The second kappa shape index (κ2) is 6.60. The summed E-state index contributed by atoms with van der Waals surface area (Å²) in [7, 11) is 0. The van der Waals surface area contributed by atoms with Crippen molar-refractivity contribution in [1.29, 1.82) is 0 Å². The number of benzene rings is 2. The lowest BCUT2D eigenvalue weighted by Gasteiger charge is -2.04. The van der Waals surface area contributed by atoms with Crippen LogP contribution in [0.1, 0.15) is 15.9 Å². The molecule has 0 unspecified atom stereocenters. The lowest BCUT2D eigenvalue weighted by atomic mass is 10.2. The van der Waals surface area contributed by atoms with Crippen molar-refractivity contribution in [2.75, 3.05) is 12.5 Å². The summed E-state index contributed by atoms with van der Waals surface area (Å²) in [4.78, 5) is 12.3. The largest absolute Gasteiger partial charge is 0.454 e. The molecule has 2 heterocycles. The number of para-hydroxylation sites is 1. The zero-order valence-corrected chi connectivity index (χ0v) is 13.6. The van der Waals surface area contributed by atoms with Crippen LogP contribution < -0.4 is 20.6 Å². The predicted octanol–water partition coefficient (Wildman–Crippen LogP) is 1.95. The van der Waals surface area contributed by atoms with Gasteiger partial charge in [-0.25, -0.2) is 10.1 Å². The SMILES string of the molecule is Nc1c(C(=O)NN=Cc2ccc3c(c2)OCO3)cnn1-c1ccccc1. The van der Waals surface area contributed by atoms with E-state index in [2.05, 4.69) is 15.6 Å². The smallest absolute Gasteiger partial charge is 0.276 e. The number of nitrogens with one attached hydrogen (secondary N) is 1. The number of hydrogen-bond acceptors (Lipinski definition) is 6. The van der Waals surface area contributed by atoms with Gasteiger partial charge in [0.2, 0.25) is 6.79 Å². The molecule has 2 aromatic carbocycles. The van der Waals surface area contributed by atoms with Gasteiger partial charge in [-0.3, -0.25) is 4.79 Å². The summed E-state index contributed by atoms with van der Waals surface area (Å²) in [6, 6.07) is 14.7. The Balaban J connectivity index is 1.46. The molecule has 130 valence electrons. The number of aromatic nitrogens is 2. The van der Waals surface area contributed by atoms with Crippen molar-refractivity contribution in [3.05, 3.63) is 65.9 Å². The maximum atomic E-state index is 12.3. The van der Waals surface area contributed by atoms with E-state index in [1.54, 1.807) is 12.1 Å². The number of nitrogens with zero attached hydrogens (tertiary/aromatic N) is 3. The van der Waals surface area contributed by atoms with Crippen molar-refractivity contribution in [2.45, 2.75) is 0 Å². The fraction of sp³-hybridized carbons (Fsp3) is 0.0556. The summed E-state index contributed by atoms with van der Waals surface area (Å²) in [6.07, 6.45) is 2.92. The molecule has 26 heavy (non-hydrogen) atoms. The fourth-order valence-corrected chi connectivity index (χ4v) is 2.53. The van der Waals surface area contributed by atoms with Crippen LogP contribution in [-0.2, 0) is 0 Å². The highest BCUT2D eigenvalue weighted by Gasteiger charge is 2.16. The Bertz CT molecular complexity index is 982. The molecule has 8 nitrogen and oxygen atoms in total. The normalized spacial score (nSPS) is 12.5. The quantitative estimate of drug-likeness (QED) is 0.553. The molecule has 0 bridgehead atoms. The summed E-state index contributed by atoms with van der Waals surface area (Å²) in [5.74, 6) is 1.13. The van der Waals surface area contributed by atoms with E-state index in [9.17, 15) is 4.79 Å². The van der Waals surface area contributed by atoms with Crippen LogP contribution in [0, 0.1) is 0 Å². The first-order chi connectivity index (χ1) is 12.7. The number of carbonyl (C=O) groups is 1. The Kier molecular flexibility index (Phi) is 3.98. The van der Waals surface area contributed by atoms with Crippen molar-refractivity contribution in [3.8, 4) is 17.2 Å². The number of ether oxygens (including phenoxy) is 2. The molecule has 0 spiro atoms. The Morgan fingerprint density at radius 2 is 2.00 bits per heavy atom. The molecular weight excluding hydrogens is 334 g/mol. The van der Waals surface area contributed by atoms with Gasteiger partial charge in [-0.15, -0.1) is 0 Å². The van der Waals surface area contributed by atoms with E-state index >= 15 is 0 Å². The maximum absolute atomic E-state index is 12.3. The first kappa shape index (κ1) is 15.7. The third-order valence-corrected chi connectivity index (χ3v) is 3.83. The number of nitrogen functional groups attached to an aromatic ring is 1. The second-order valence-corrected chi connectivity index (χ2v) is 5.50. The molecule has 0 atom stereocenters. The topological polar surface area (TPSA) is 104 Å².